The summed E-state index contributed by atoms with van der Waals surface area (Å²) >= 11 is 0. The number of hydrogen-bond donors (Lipinski definition) is 1. The smallest absolute Gasteiger partial charge is 0.244 e. The van der Waals surface area contributed by atoms with Gasteiger partial charge in [-0.25, -0.2) is 0 Å². The highest BCUT2D eigenvalue weighted by molar-refractivity contribution is 5.91. The number of carbonyl (C=O) groups is 1. The molecule has 25 heavy (non-hydrogen) atoms. The van der Waals surface area contributed by atoms with E-state index in [0.29, 0.717) is 12.3 Å². The van der Waals surface area contributed by atoms with Crippen LogP contribution in [0.25, 0.3) is 17.0 Å². The molecule has 130 valence electrons. The summed E-state index contributed by atoms with van der Waals surface area (Å²) in [5, 5.41) is 4.19. The molecule has 5 heteroatoms. The zero-order chi connectivity index (χ0) is 17.8. The number of furan rings is 1. The van der Waals surface area contributed by atoms with Crippen molar-refractivity contribution in [2.75, 3.05) is 20.6 Å². The lowest BCUT2D eigenvalue weighted by Gasteiger charge is -2.24. The first-order valence-corrected chi connectivity index (χ1v) is 8.26. The van der Waals surface area contributed by atoms with Gasteiger partial charge in [0.2, 0.25) is 5.91 Å². The lowest BCUT2D eigenvalue weighted by Crippen LogP contribution is -2.33. The highest BCUT2D eigenvalue weighted by atomic mass is 16.3. The van der Waals surface area contributed by atoms with Crippen molar-refractivity contribution in [1.29, 1.82) is 0 Å². The molecule has 3 rings (SSSR count). The van der Waals surface area contributed by atoms with Crippen molar-refractivity contribution in [3.8, 4) is 0 Å². The van der Waals surface area contributed by atoms with Gasteiger partial charge in [-0.2, -0.15) is 0 Å². The maximum absolute atomic E-state index is 12.1. The summed E-state index contributed by atoms with van der Waals surface area (Å²) in [5.74, 6) is 0.525. The predicted octanol–water partition coefficient (Wildman–Crippen LogP) is 3.20. The molecule has 0 aliphatic heterocycles. The summed E-state index contributed by atoms with van der Waals surface area (Å²) in [6.45, 7) is 0.530. The summed E-state index contributed by atoms with van der Waals surface area (Å²) in [7, 11) is 6.10. The van der Waals surface area contributed by atoms with Gasteiger partial charge in [0.25, 0.3) is 0 Å². The highest BCUT2D eigenvalue weighted by Crippen LogP contribution is 2.28. The lowest BCUT2D eigenvalue weighted by molar-refractivity contribution is -0.116. The topological polar surface area (TPSA) is 50.4 Å². The van der Waals surface area contributed by atoms with Crippen molar-refractivity contribution in [3.63, 3.8) is 0 Å². The minimum Gasteiger partial charge on any atom is -0.465 e. The largest absolute Gasteiger partial charge is 0.465 e. The fraction of sp³-hybridized carbons (Fsp3) is 0.250. The molecular weight excluding hydrogens is 314 g/mol. The van der Waals surface area contributed by atoms with Crippen LogP contribution in [0.4, 0.5) is 0 Å². The average molecular weight is 337 g/mol. The number of para-hydroxylation sites is 1. The van der Waals surface area contributed by atoms with E-state index in [4.69, 9.17) is 4.42 Å². The van der Waals surface area contributed by atoms with Crippen LogP contribution in [-0.4, -0.2) is 36.0 Å². The summed E-state index contributed by atoms with van der Waals surface area (Å²) in [6, 6.07) is 12.0. The Balaban J connectivity index is 1.74. The van der Waals surface area contributed by atoms with Gasteiger partial charge in [-0.15, -0.1) is 0 Å². The number of aryl methyl sites for hydroxylation is 1. The SMILES string of the molecule is CN(C)C(CNC(=O)/C=C/c1ccco1)c1cn(C)c2ccccc12. The molecule has 0 fully saturated rings. The third kappa shape index (κ3) is 3.83. The molecule has 1 amide bonds. The number of amides is 1. The lowest BCUT2D eigenvalue weighted by atomic mass is 10.0. The van der Waals surface area contributed by atoms with Gasteiger partial charge in [-0.05, 0) is 43.9 Å². The fourth-order valence-electron chi connectivity index (χ4n) is 3.01. The number of fused-ring (bicyclic) bond motifs is 1. The molecule has 0 spiro atoms. The molecule has 1 atom stereocenters. The number of hydrogen-bond acceptors (Lipinski definition) is 3. The molecular formula is C20H23N3O2. The number of nitrogens with zero attached hydrogens (tertiary/aromatic N) is 2. The zero-order valence-electron chi connectivity index (χ0n) is 14.8. The molecule has 1 unspecified atom stereocenters. The molecule has 0 aliphatic rings. The zero-order valence-corrected chi connectivity index (χ0v) is 14.8. The molecule has 0 bridgehead atoms. The summed E-state index contributed by atoms with van der Waals surface area (Å²) in [6.07, 6.45) is 6.88. The summed E-state index contributed by atoms with van der Waals surface area (Å²) in [5.41, 5.74) is 2.40. The van der Waals surface area contributed by atoms with E-state index in [1.165, 1.54) is 22.5 Å². The van der Waals surface area contributed by atoms with Gasteiger partial charge in [-0.1, -0.05) is 18.2 Å². The van der Waals surface area contributed by atoms with Crippen LogP contribution in [0, 0.1) is 0 Å². The first kappa shape index (κ1) is 17.0. The molecule has 0 saturated heterocycles. The second-order valence-corrected chi connectivity index (χ2v) is 6.29. The van der Waals surface area contributed by atoms with Gasteiger partial charge in [0.1, 0.15) is 5.76 Å². The van der Waals surface area contributed by atoms with Crippen molar-refractivity contribution in [3.05, 3.63) is 66.3 Å². The Kier molecular flexibility index (Phi) is 5.05. The maximum atomic E-state index is 12.1. The fourth-order valence-corrected chi connectivity index (χ4v) is 3.01. The Morgan fingerprint density at radius 1 is 1.28 bits per heavy atom. The number of likely N-dealkylation sites (N-methyl/N-ethyl adjacent to an activating group) is 1. The molecule has 0 radical (unpaired) electrons. The number of aromatic nitrogens is 1. The van der Waals surface area contributed by atoms with E-state index >= 15 is 0 Å². The molecule has 3 aromatic rings. The first-order chi connectivity index (χ1) is 12.1. The van der Waals surface area contributed by atoms with Gasteiger partial charge < -0.3 is 19.2 Å². The Hall–Kier alpha value is -2.79. The monoisotopic (exact) mass is 337 g/mol. The minimum absolute atomic E-state index is 0.0899. The van der Waals surface area contributed by atoms with Gasteiger partial charge >= 0.3 is 0 Å². The van der Waals surface area contributed by atoms with Gasteiger partial charge in [0, 0.05) is 36.8 Å². The van der Waals surface area contributed by atoms with Crippen molar-refractivity contribution in [2.24, 2.45) is 7.05 Å². The van der Waals surface area contributed by atoms with Crippen molar-refractivity contribution >= 4 is 22.9 Å². The van der Waals surface area contributed by atoms with Gasteiger partial charge in [-0.3, -0.25) is 4.79 Å². The highest BCUT2D eigenvalue weighted by Gasteiger charge is 2.19. The van der Waals surface area contributed by atoms with Gasteiger partial charge in [0.05, 0.1) is 12.3 Å². The van der Waals surface area contributed by atoms with E-state index in [0.717, 1.165) is 0 Å². The molecule has 2 heterocycles. The van der Waals surface area contributed by atoms with Crippen LogP contribution in [0.5, 0.6) is 0 Å². The molecule has 2 aromatic heterocycles. The molecule has 0 aliphatic carbocycles. The van der Waals surface area contributed by atoms with E-state index in [1.807, 2.05) is 39.3 Å². The minimum atomic E-state index is -0.136. The van der Waals surface area contributed by atoms with Crippen LogP contribution in [0.1, 0.15) is 17.4 Å². The van der Waals surface area contributed by atoms with Crippen molar-refractivity contribution in [1.82, 2.24) is 14.8 Å². The van der Waals surface area contributed by atoms with Crippen molar-refractivity contribution in [2.45, 2.75) is 6.04 Å². The number of carbonyl (C=O) groups excluding carboxylic acids is 1. The Morgan fingerprint density at radius 2 is 2.08 bits per heavy atom. The first-order valence-electron chi connectivity index (χ1n) is 8.26. The van der Waals surface area contributed by atoms with Gasteiger partial charge in [0.15, 0.2) is 0 Å². The third-order valence-electron chi connectivity index (χ3n) is 4.32. The van der Waals surface area contributed by atoms with E-state index in [2.05, 4.69) is 33.1 Å². The number of rotatable bonds is 6. The van der Waals surface area contributed by atoms with Crippen LogP contribution in [0.2, 0.25) is 0 Å². The van der Waals surface area contributed by atoms with Crippen LogP contribution in [0.15, 0.2) is 59.4 Å². The van der Waals surface area contributed by atoms with Crippen molar-refractivity contribution < 1.29 is 9.21 Å². The molecule has 1 N–H and O–H groups in total. The third-order valence-corrected chi connectivity index (χ3v) is 4.32. The Bertz CT molecular complexity index is 876. The standard InChI is InChI=1S/C20H23N3O2/c1-22(2)19(13-21-20(24)11-10-15-7-6-12-25-15)17-14-23(3)18-9-5-4-8-16(17)18/h4-12,14,19H,13H2,1-3H3,(H,21,24)/b11-10+. The quantitative estimate of drug-likeness (QED) is 0.703. The number of nitrogens with one attached hydrogen (secondary N) is 1. The average Bonchev–Trinajstić information content (AvgIpc) is 3.22. The molecule has 5 nitrogen and oxygen atoms in total. The normalized spacial score (nSPS) is 13.0. The van der Waals surface area contributed by atoms with E-state index in [-0.39, 0.29) is 11.9 Å². The van der Waals surface area contributed by atoms with Crippen LogP contribution in [0.3, 0.4) is 0 Å². The van der Waals surface area contributed by atoms with Crippen LogP contribution >= 0.6 is 0 Å². The Morgan fingerprint density at radius 3 is 2.80 bits per heavy atom. The maximum Gasteiger partial charge on any atom is 0.244 e. The van der Waals surface area contributed by atoms with E-state index in [9.17, 15) is 4.79 Å². The predicted molar refractivity (Wildman–Crippen MR) is 100 cm³/mol. The number of benzene rings is 1. The second-order valence-electron chi connectivity index (χ2n) is 6.29. The van der Waals surface area contributed by atoms with E-state index in [1.54, 1.807) is 18.4 Å². The molecule has 0 saturated carbocycles. The molecule has 1 aromatic carbocycles. The van der Waals surface area contributed by atoms with Crippen LogP contribution in [-0.2, 0) is 11.8 Å². The van der Waals surface area contributed by atoms with Crippen LogP contribution < -0.4 is 5.32 Å². The summed E-state index contributed by atoms with van der Waals surface area (Å²) < 4.78 is 7.31. The summed E-state index contributed by atoms with van der Waals surface area (Å²) in [4.78, 5) is 14.2. The Labute approximate surface area is 147 Å². The van der Waals surface area contributed by atoms with E-state index < -0.39 is 0 Å². The second kappa shape index (κ2) is 7.40.